The maximum atomic E-state index is 11.4. The van der Waals surface area contributed by atoms with Crippen LogP contribution in [-0.4, -0.2) is 19.9 Å². The summed E-state index contributed by atoms with van der Waals surface area (Å²) < 4.78 is 22.7. The largest absolute Gasteiger partial charge is 0.324 e. The van der Waals surface area contributed by atoms with Crippen LogP contribution in [0.1, 0.15) is 18.0 Å². The maximum Gasteiger partial charge on any atom is 0.150 e. The van der Waals surface area contributed by atoms with Crippen molar-refractivity contribution < 1.29 is 8.42 Å². The van der Waals surface area contributed by atoms with Crippen molar-refractivity contribution in [1.29, 1.82) is 0 Å². The minimum Gasteiger partial charge on any atom is -0.324 e. The molecule has 1 aliphatic rings. The van der Waals surface area contributed by atoms with Crippen molar-refractivity contribution in [2.24, 2.45) is 11.7 Å². The van der Waals surface area contributed by atoms with Crippen LogP contribution in [0, 0.1) is 5.92 Å². The number of sulfone groups is 1. The van der Waals surface area contributed by atoms with E-state index in [1.165, 1.54) is 0 Å². The predicted octanol–water partition coefficient (Wildman–Crippen LogP) is 1.77. The molecule has 2 unspecified atom stereocenters. The topological polar surface area (TPSA) is 60.2 Å². The molecule has 0 radical (unpaired) electrons. The van der Waals surface area contributed by atoms with E-state index < -0.39 is 9.84 Å². The van der Waals surface area contributed by atoms with Gasteiger partial charge in [0, 0.05) is 11.1 Å². The van der Waals surface area contributed by atoms with Crippen LogP contribution in [0.3, 0.4) is 0 Å². The van der Waals surface area contributed by atoms with Gasteiger partial charge in [0.15, 0.2) is 9.84 Å². The molecule has 0 bridgehead atoms. The Balaban J connectivity index is 2.14. The molecule has 1 aromatic rings. The van der Waals surface area contributed by atoms with Gasteiger partial charge in [-0.3, -0.25) is 0 Å². The predicted molar refractivity (Wildman–Crippen MR) is 65.1 cm³/mol. The van der Waals surface area contributed by atoms with Crippen LogP contribution in [0.25, 0.3) is 0 Å². The lowest BCUT2D eigenvalue weighted by atomic mass is 9.93. The molecule has 16 heavy (non-hydrogen) atoms. The van der Waals surface area contributed by atoms with E-state index in [4.69, 9.17) is 17.3 Å². The van der Waals surface area contributed by atoms with Gasteiger partial charge in [0.25, 0.3) is 0 Å². The van der Waals surface area contributed by atoms with Crippen molar-refractivity contribution in [2.45, 2.75) is 12.5 Å². The quantitative estimate of drug-likeness (QED) is 0.881. The van der Waals surface area contributed by atoms with E-state index in [0.717, 1.165) is 5.56 Å². The molecule has 1 heterocycles. The minimum atomic E-state index is -2.86. The number of rotatable bonds is 2. The van der Waals surface area contributed by atoms with Crippen LogP contribution in [0.2, 0.25) is 5.02 Å². The molecule has 2 rings (SSSR count). The first-order valence-corrected chi connectivity index (χ1v) is 7.39. The molecule has 0 amide bonds. The van der Waals surface area contributed by atoms with Gasteiger partial charge in [-0.05, 0) is 30.0 Å². The zero-order valence-electron chi connectivity index (χ0n) is 8.77. The van der Waals surface area contributed by atoms with Gasteiger partial charge >= 0.3 is 0 Å². The summed E-state index contributed by atoms with van der Waals surface area (Å²) in [6.45, 7) is 0. The van der Waals surface area contributed by atoms with E-state index in [0.29, 0.717) is 11.4 Å². The van der Waals surface area contributed by atoms with Gasteiger partial charge in [-0.25, -0.2) is 8.42 Å². The number of benzene rings is 1. The molecule has 2 N–H and O–H groups in total. The summed E-state index contributed by atoms with van der Waals surface area (Å²) in [5, 5.41) is 0.662. The average molecular weight is 260 g/mol. The molecule has 0 aromatic heterocycles. The summed E-state index contributed by atoms with van der Waals surface area (Å²) in [4.78, 5) is 0. The summed E-state index contributed by atoms with van der Waals surface area (Å²) in [5.41, 5.74) is 7.01. The van der Waals surface area contributed by atoms with Crippen molar-refractivity contribution in [3.63, 3.8) is 0 Å². The Hall–Kier alpha value is -0.580. The Labute approximate surface area is 101 Å². The number of hydrogen-bond acceptors (Lipinski definition) is 3. The molecular formula is C11H14ClNO2S. The third-order valence-corrected chi connectivity index (χ3v) is 5.08. The van der Waals surface area contributed by atoms with Crippen molar-refractivity contribution >= 4 is 21.4 Å². The van der Waals surface area contributed by atoms with E-state index in [1.807, 2.05) is 12.1 Å². The molecule has 0 spiro atoms. The lowest BCUT2D eigenvalue weighted by Crippen LogP contribution is -2.22. The maximum absolute atomic E-state index is 11.4. The second-order valence-corrected chi connectivity index (χ2v) is 6.91. The molecule has 0 saturated carbocycles. The van der Waals surface area contributed by atoms with Gasteiger partial charge < -0.3 is 5.73 Å². The Morgan fingerprint density at radius 1 is 1.31 bits per heavy atom. The summed E-state index contributed by atoms with van der Waals surface area (Å²) in [7, 11) is -2.86. The van der Waals surface area contributed by atoms with Gasteiger partial charge in [0.05, 0.1) is 11.5 Å². The van der Waals surface area contributed by atoms with Gasteiger partial charge in [-0.2, -0.15) is 0 Å². The van der Waals surface area contributed by atoms with Crippen LogP contribution in [0.4, 0.5) is 0 Å². The van der Waals surface area contributed by atoms with E-state index in [1.54, 1.807) is 12.1 Å². The second-order valence-electron chi connectivity index (χ2n) is 4.24. The van der Waals surface area contributed by atoms with Crippen LogP contribution in [-0.2, 0) is 9.84 Å². The molecule has 88 valence electrons. The zero-order chi connectivity index (χ0) is 11.8. The molecule has 0 aliphatic carbocycles. The summed E-state index contributed by atoms with van der Waals surface area (Å²) in [6.07, 6.45) is 0.659. The molecule has 1 aliphatic heterocycles. The summed E-state index contributed by atoms with van der Waals surface area (Å²) in [6, 6.07) is 7.06. The second kappa shape index (κ2) is 4.35. The van der Waals surface area contributed by atoms with Gasteiger partial charge in [0.1, 0.15) is 0 Å². The highest BCUT2D eigenvalue weighted by atomic mass is 35.5. The van der Waals surface area contributed by atoms with Crippen LogP contribution in [0.15, 0.2) is 24.3 Å². The standard InChI is InChI=1S/C11H14ClNO2S/c12-10-3-1-8(2-4-10)11(13)9-5-6-16(14,15)7-9/h1-4,9,11H,5-7,13H2. The number of nitrogens with two attached hydrogens (primary N) is 1. The van der Waals surface area contributed by atoms with Crippen LogP contribution >= 0.6 is 11.6 Å². The van der Waals surface area contributed by atoms with E-state index in [2.05, 4.69) is 0 Å². The third kappa shape index (κ3) is 2.56. The van der Waals surface area contributed by atoms with E-state index in [-0.39, 0.29) is 23.5 Å². The molecule has 1 aromatic carbocycles. The van der Waals surface area contributed by atoms with Gasteiger partial charge in [0.2, 0.25) is 0 Å². The van der Waals surface area contributed by atoms with Crippen LogP contribution in [0.5, 0.6) is 0 Å². The van der Waals surface area contributed by atoms with Crippen molar-refractivity contribution in [2.75, 3.05) is 11.5 Å². The Morgan fingerprint density at radius 3 is 2.44 bits per heavy atom. The fraction of sp³-hybridized carbons (Fsp3) is 0.455. The Bertz CT molecular complexity index is 469. The zero-order valence-corrected chi connectivity index (χ0v) is 10.3. The first kappa shape index (κ1) is 11.9. The SMILES string of the molecule is NC(c1ccc(Cl)cc1)C1CCS(=O)(=O)C1. The monoisotopic (exact) mass is 259 g/mol. The van der Waals surface area contributed by atoms with Crippen molar-refractivity contribution in [3.8, 4) is 0 Å². The fourth-order valence-electron chi connectivity index (χ4n) is 2.06. The minimum absolute atomic E-state index is 0.0335. The first-order chi connectivity index (χ1) is 7.48. The number of hydrogen-bond donors (Lipinski definition) is 1. The highest BCUT2D eigenvalue weighted by molar-refractivity contribution is 7.91. The Morgan fingerprint density at radius 2 is 1.94 bits per heavy atom. The highest BCUT2D eigenvalue weighted by Gasteiger charge is 2.32. The van der Waals surface area contributed by atoms with E-state index >= 15 is 0 Å². The van der Waals surface area contributed by atoms with E-state index in [9.17, 15) is 8.42 Å². The average Bonchev–Trinajstić information content (AvgIpc) is 2.59. The van der Waals surface area contributed by atoms with Crippen molar-refractivity contribution in [1.82, 2.24) is 0 Å². The lowest BCUT2D eigenvalue weighted by Gasteiger charge is -2.18. The third-order valence-electron chi connectivity index (χ3n) is 3.03. The Kier molecular flexibility index (Phi) is 3.24. The molecule has 1 fully saturated rings. The molecule has 1 saturated heterocycles. The normalized spacial score (nSPS) is 25.5. The molecule has 5 heteroatoms. The van der Waals surface area contributed by atoms with Gasteiger partial charge in [-0.1, -0.05) is 23.7 Å². The lowest BCUT2D eigenvalue weighted by molar-refractivity contribution is 0.480. The number of halogens is 1. The fourth-order valence-corrected chi connectivity index (χ4v) is 4.05. The summed E-state index contributed by atoms with van der Waals surface area (Å²) >= 11 is 5.78. The molecule has 3 nitrogen and oxygen atoms in total. The molecular weight excluding hydrogens is 246 g/mol. The highest BCUT2D eigenvalue weighted by Crippen LogP contribution is 2.29. The molecule has 2 atom stereocenters. The van der Waals surface area contributed by atoms with Crippen molar-refractivity contribution in [3.05, 3.63) is 34.9 Å². The van der Waals surface area contributed by atoms with Crippen LogP contribution < -0.4 is 5.73 Å². The first-order valence-electron chi connectivity index (χ1n) is 5.19. The summed E-state index contributed by atoms with van der Waals surface area (Å²) in [5.74, 6) is 0.502. The smallest absolute Gasteiger partial charge is 0.150 e. The van der Waals surface area contributed by atoms with Gasteiger partial charge in [-0.15, -0.1) is 0 Å².